The summed E-state index contributed by atoms with van der Waals surface area (Å²) in [6.45, 7) is 1.86. The third-order valence-electron chi connectivity index (χ3n) is 5.42. The standard InChI is InChI=1S/C24H20F2N2O3/c1-15-19(18-4-2-3-5-22(18)28(15)14-24(30)31)10-16-7-9-23(29)27(12-16)13-17-6-8-20(25)21(26)11-17/h2-9,11-12H,10,13-14H2,1H3,(H,30,31). The van der Waals surface area contributed by atoms with Crippen LogP contribution in [0.3, 0.4) is 0 Å². The molecule has 31 heavy (non-hydrogen) atoms. The van der Waals surface area contributed by atoms with Gasteiger partial charge in [-0.15, -0.1) is 0 Å². The molecule has 0 spiro atoms. The number of nitrogens with zero attached hydrogens (tertiary/aromatic N) is 2. The molecule has 0 aliphatic rings. The fourth-order valence-corrected chi connectivity index (χ4v) is 3.91. The Morgan fingerprint density at radius 2 is 1.74 bits per heavy atom. The van der Waals surface area contributed by atoms with E-state index in [4.69, 9.17) is 0 Å². The van der Waals surface area contributed by atoms with Crippen LogP contribution in [0.2, 0.25) is 0 Å². The largest absolute Gasteiger partial charge is 0.480 e. The first-order valence-corrected chi connectivity index (χ1v) is 9.75. The van der Waals surface area contributed by atoms with Gasteiger partial charge in [-0.05, 0) is 41.8 Å². The molecular formula is C24H20F2N2O3. The van der Waals surface area contributed by atoms with Crippen molar-refractivity contribution in [3.63, 3.8) is 0 Å². The van der Waals surface area contributed by atoms with Crippen LogP contribution in [0.5, 0.6) is 0 Å². The molecule has 0 aliphatic carbocycles. The Kier molecular flexibility index (Phi) is 5.42. The second kappa shape index (κ2) is 8.18. The van der Waals surface area contributed by atoms with Crippen LogP contribution in [0.1, 0.15) is 22.4 Å². The zero-order chi connectivity index (χ0) is 22.1. The average molecular weight is 422 g/mol. The summed E-state index contributed by atoms with van der Waals surface area (Å²) in [5, 5.41) is 10.2. The predicted molar refractivity (Wildman–Crippen MR) is 113 cm³/mol. The first-order valence-electron chi connectivity index (χ1n) is 9.75. The van der Waals surface area contributed by atoms with Crippen LogP contribution in [0.4, 0.5) is 8.78 Å². The third kappa shape index (κ3) is 4.12. The van der Waals surface area contributed by atoms with Crippen molar-refractivity contribution in [3.8, 4) is 0 Å². The van der Waals surface area contributed by atoms with Crippen molar-refractivity contribution in [2.45, 2.75) is 26.4 Å². The highest BCUT2D eigenvalue weighted by Crippen LogP contribution is 2.28. The molecule has 7 heteroatoms. The molecule has 1 N–H and O–H groups in total. The summed E-state index contributed by atoms with van der Waals surface area (Å²) in [5.41, 5.74) is 3.75. The first-order chi connectivity index (χ1) is 14.8. The normalized spacial score (nSPS) is 11.2. The highest BCUT2D eigenvalue weighted by atomic mass is 19.2. The highest BCUT2D eigenvalue weighted by molar-refractivity contribution is 5.87. The Hall–Kier alpha value is -3.74. The van der Waals surface area contributed by atoms with Gasteiger partial charge >= 0.3 is 5.97 Å². The lowest BCUT2D eigenvalue weighted by atomic mass is 10.0. The summed E-state index contributed by atoms with van der Waals surface area (Å²) in [4.78, 5) is 23.6. The van der Waals surface area contributed by atoms with E-state index in [0.29, 0.717) is 12.0 Å². The van der Waals surface area contributed by atoms with E-state index in [1.54, 1.807) is 16.8 Å². The molecule has 0 saturated carbocycles. The van der Waals surface area contributed by atoms with E-state index in [2.05, 4.69) is 0 Å². The van der Waals surface area contributed by atoms with E-state index in [1.165, 1.54) is 16.7 Å². The van der Waals surface area contributed by atoms with Crippen molar-refractivity contribution in [2.75, 3.05) is 0 Å². The van der Waals surface area contributed by atoms with Crippen molar-refractivity contribution in [1.29, 1.82) is 0 Å². The van der Waals surface area contributed by atoms with Gasteiger partial charge in [-0.3, -0.25) is 9.59 Å². The molecule has 0 atom stereocenters. The minimum atomic E-state index is -0.955. The number of carboxylic acids is 1. The molecule has 0 aliphatic heterocycles. The maximum atomic E-state index is 13.5. The molecule has 158 valence electrons. The molecule has 0 fully saturated rings. The number of benzene rings is 2. The maximum absolute atomic E-state index is 13.5. The van der Waals surface area contributed by atoms with Crippen LogP contribution in [0, 0.1) is 18.6 Å². The van der Waals surface area contributed by atoms with Gasteiger partial charge in [-0.25, -0.2) is 8.78 Å². The lowest BCUT2D eigenvalue weighted by Gasteiger charge is -2.10. The van der Waals surface area contributed by atoms with Gasteiger partial charge in [0.1, 0.15) is 6.54 Å². The van der Waals surface area contributed by atoms with Gasteiger partial charge < -0.3 is 14.2 Å². The van der Waals surface area contributed by atoms with E-state index < -0.39 is 17.6 Å². The molecule has 0 unspecified atom stereocenters. The van der Waals surface area contributed by atoms with Crippen LogP contribution in [-0.4, -0.2) is 20.2 Å². The summed E-state index contributed by atoms with van der Waals surface area (Å²) < 4.78 is 29.9. The van der Waals surface area contributed by atoms with Gasteiger partial charge in [0.25, 0.3) is 5.56 Å². The van der Waals surface area contributed by atoms with Crippen LogP contribution in [-0.2, 0) is 24.3 Å². The fraction of sp³-hybridized carbons (Fsp3) is 0.167. The Bertz CT molecular complexity index is 1350. The summed E-state index contributed by atoms with van der Waals surface area (Å²) in [6.07, 6.45) is 2.20. The van der Waals surface area contributed by atoms with E-state index in [0.717, 1.165) is 39.9 Å². The van der Waals surface area contributed by atoms with E-state index in [1.807, 2.05) is 31.2 Å². The Labute approximate surface area is 176 Å². The topological polar surface area (TPSA) is 64.2 Å². The maximum Gasteiger partial charge on any atom is 0.323 e. The molecule has 2 aromatic carbocycles. The van der Waals surface area contributed by atoms with Crippen LogP contribution >= 0.6 is 0 Å². The van der Waals surface area contributed by atoms with Gasteiger partial charge in [-0.2, -0.15) is 0 Å². The molecule has 4 rings (SSSR count). The number of hydrogen-bond acceptors (Lipinski definition) is 2. The molecule has 0 saturated heterocycles. The predicted octanol–water partition coefficient (Wildman–Crippen LogP) is 4.11. The zero-order valence-corrected chi connectivity index (χ0v) is 16.8. The van der Waals surface area contributed by atoms with Crippen LogP contribution < -0.4 is 5.56 Å². The third-order valence-corrected chi connectivity index (χ3v) is 5.42. The quantitative estimate of drug-likeness (QED) is 0.509. The first kappa shape index (κ1) is 20.5. The number of aromatic nitrogens is 2. The number of aliphatic carboxylic acids is 1. The monoisotopic (exact) mass is 422 g/mol. The zero-order valence-electron chi connectivity index (χ0n) is 16.8. The summed E-state index contributed by atoms with van der Waals surface area (Å²) in [6, 6.07) is 14.4. The lowest BCUT2D eigenvalue weighted by Crippen LogP contribution is -2.20. The molecule has 2 aromatic heterocycles. The van der Waals surface area contributed by atoms with Gasteiger partial charge in [0.15, 0.2) is 11.6 Å². The molecule has 2 heterocycles. The minimum absolute atomic E-state index is 0.115. The second-order valence-electron chi connectivity index (χ2n) is 7.49. The Morgan fingerprint density at radius 3 is 2.48 bits per heavy atom. The summed E-state index contributed by atoms with van der Waals surface area (Å²) in [7, 11) is 0. The van der Waals surface area contributed by atoms with Gasteiger partial charge in [0.2, 0.25) is 0 Å². The van der Waals surface area contributed by atoms with Gasteiger partial charge in [-0.1, -0.05) is 30.3 Å². The smallest absolute Gasteiger partial charge is 0.323 e. The van der Waals surface area contributed by atoms with Crippen LogP contribution in [0.15, 0.2) is 65.6 Å². The Morgan fingerprint density at radius 1 is 1.00 bits per heavy atom. The number of carbonyl (C=O) groups is 1. The van der Waals surface area contributed by atoms with Crippen LogP contribution in [0.25, 0.3) is 10.9 Å². The number of hydrogen-bond donors (Lipinski definition) is 1. The molecule has 0 radical (unpaired) electrons. The lowest BCUT2D eigenvalue weighted by molar-refractivity contribution is -0.137. The molecule has 0 bridgehead atoms. The molecular weight excluding hydrogens is 402 g/mol. The number of halogens is 2. The summed E-state index contributed by atoms with van der Waals surface area (Å²) >= 11 is 0. The van der Waals surface area contributed by atoms with Gasteiger partial charge in [0.05, 0.1) is 6.54 Å². The molecule has 5 nitrogen and oxygen atoms in total. The average Bonchev–Trinajstić information content (AvgIpc) is 2.99. The number of para-hydroxylation sites is 1. The van der Waals surface area contributed by atoms with E-state index in [-0.39, 0.29) is 18.6 Å². The van der Waals surface area contributed by atoms with Crippen molar-refractivity contribution in [1.82, 2.24) is 9.13 Å². The van der Waals surface area contributed by atoms with Crippen molar-refractivity contribution >= 4 is 16.9 Å². The van der Waals surface area contributed by atoms with E-state index >= 15 is 0 Å². The molecule has 4 aromatic rings. The minimum Gasteiger partial charge on any atom is -0.480 e. The van der Waals surface area contributed by atoms with Crippen molar-refractivity contribution < 1.29 is 18.7 Å². The summed E-state index contributed by atoms with van der Waals surface area (Å²) in [5.74, 6) is -2.81. The van der Waals surface area contributed by atoms with Gasteiger partial charge in [0, 0.05) is 35.3 Å². The molecule has 0 amide bonds. The van der Waals surface area contributed by atoms with E-state index in [9.17, 15) is 23.5 Å². The number of pyridine rings is 1. The second-order valence-corrected chi connectivity index (χ2v) is 7.49. The van der Waals surface area contributed by atoms with Crippen molar-refractivity contribution in [3.05, 3.63) is 105 Å². The highest BCUT2D eigenvalue weighted by Gasteiger charge is 2.16. The SMILES string of the molecule is Cc1c(Cc2ccc(=O)n(Cc3ccc(F)c(F)c3)c2)c2ccccc2n1CC(=O)O. The van der Waals surface area contributed by atoms with Crippen molar-refractivity contribution in [2.24, 2.45) is 0 Å². The number of rotatable bonds is 6. The Balaban J connectivity index is 1.70. The fourth-order valence-electron chi connectivity index (χ4n) is 3.91. The number of fused-ring (bicyclic) bond motifs is 1. The number of carboxylic acid groups (broad SMARTS) is 1.